The maximum Gasteiger partial charge on any atom is 0.460 e. The third-order valence-corrected chi connectivity index (χ3v) is 4.25. The summed E-state index contributed by atoms with van der Waals surface area (Å²) in [5.74, 6) is -58.4. The van der Waals surface area contributed by atoms with Crippen LogP contribution in [0.4, 0.5) is 74.6 Å². The number of imidazole rings is 1. The minimum atomic E-state index is -8.67. The molecule has 0 aliphatic heterocycles. The molecule has 1 heterocycles. The summed E-state index contributed by atoms with van der Waals surface area (Å²) in [5, 5.41) is 0. The summed E-state index contributed by atoms with van der Waals surface area (Å²) in [7, 11) is 0. The zero-order valence-electron chi connectivity index (χ0n) is 15.3. The van der Waals surface area contributed by atoms with Gasteiger partial charge in [0.15, 0.2) is 5.78 Å². The summed E-state index contributed by atoms with van der Waals surface area (Å²) in [6.45, 7) is 0. The summed E-state index contributed by atoms with van der Waals surface area (Å²) in [4.78, 5) is 16.5. The van der Waals surface area contributed by atoms with Gasteiger partial charge in [0.1, 0.15) is 5.69 Å². The van der Waals surface area contributed by atoms with Crippen LogP contribution in [0, 0.1) is 0 Å². The van der Waals surface area contributed by atoms with Crippen LogP contribution in [0.15, 0.2) is 12.5 Å². The summed E-state index contributed by atoms with van der Waals surface area (Å²) in [6.07, 6.45) is -11.2. The molecule has 3 nitrogen and oxygen atoms in total. The molecule has 1 N–H and O–H groups in total. The predicted octanol–water partition coefficient (Wildman–Crippen LogP) is 6.38. The van der Waals surface area contributed by atoms with E-state index in [1.54, 1.807) is 0 Å². The highest BCUT2D eigenvalue weighted by atomic mass is 19.4. The fourth-order valence-corrected chi connectivity index (χ4v) is 2.17. The SMILES string of the molecule is O=C(CCC(F)(F)C(F)(F)C(F)(F)C(F)(F)C(F)(F)C(F)(F)C(F)(F)C(F)(F)F)c1cnc[nH]1. The van der Waals surface area contributed by atoms with Crippen LogP contribution in [0.1, 0.15) is 23.3 Å². The van der Waals surface area contributed by atoms with Crippen molar-refractivity contribution in [1.82, 2.24) is 9.97 Å². The first-order chi connectivity index (χ1) is 14.7. The molecule has 0 aliphatic carbocycles. The molecule has 1 aromatic heterocycles. The molecule has 0 fully saturated rings. The van der Waals surface area contributed by atoms with E-state index in [-0.39, 0.29) is 0 Å². The number of carbonyl (C=O) groups excluding carboxylic acids is 1. The third kappa shape index (κ3) is 4.05. The number of ketones is 1. The zero-order valence-corrected chi connectivity index (χ0v) is 15.3. The Bertz CT molecular complexity index is 871. The number of aromatic amines is 1. The maximum absolute atomic E-state index is 13.6. The lowest BCUT2D eigenvalue weighted by Gasteiger charge is -2.42. The number of hydrogen-bond acceptors (Lipinski definition) is 2. The molecular weight excluding hydrogens is 535 g/mol. The van der Waals surface area contributed by atoms with Gasteiger partial charge in [0.2, 0.25) is 0 Å². The highest BCUT2D eigenvalue weighted by Gasteiger charge is 2.95. The normalized spacial score (nSPS) is 15.6. The molecule has 0 spiro atoms. The summed E-state index contributed by atoms with van der Waals surface area (Å²) < 4.78 is 223. The van der Waals surface area contributed by atoms with Crippen molar-refractivity contribution in [3.63, 3.8) is 0 Å². The largest absolute Gasteiger partial charge is 0.460 e. The lowest BCUT2D eigenvalue weighted by molar-refractivity contribution is -0.461. The second kappa shape index (κ2) is 8.13. The minimum Gasteiger partial charge on any atom is -0.342 e. The molecule has 1 aromatic rings. The highest BCUT2D eigenvalue weighted by molar-refractivity contribution is 5.93. The Morgan fingerprint density at radius 1 is 0.647 bits per heavy atom. The summed E-state index contributed by atoms with van der Waals surface area (Å²) in [6, 6.07) is 0. The van der Waals surface area contributed by atoms with Gasteiger partial charge in [0.25, 0.3) is 0 Å². The number of nitrogens with one attached hydrogen (secondary N) is 1. The van der Waals surface area contributed by atoms with Gasteiger partial charge in [0.05, 0.1) is 12.5 Å². The number of aromatic nitrogens is 2. The lowest BCUT2D eigenvalue weighted by Crippen LogP contribution is -2.74. The lowest BCUT2D eigenvalue weighted by atomic mass is 9.87. The standard InChI is InChI=1S/C14H7F17N2O/c15-7(16,2-1-6(34)5-3-32-4-33-5)8(17,18)9(19,20)10(21,22)11(23,24)12(25,26)13(27,28)14(29,30)31/h3-4H,1-2H2,(H,32,33). The molecule has 0 radical (unpaired) electrons. The quantitative estimate of drug-likeness (QED) is 0.276. The van der Waals surface area contributed by atoms with Gasteiger partial charge in [-0.1, -0.05) is 0 Å². The average molecular weight is 542 g/mol. The first-order valence-corrected chi connectivity index (χ1v) is 7.97. The van der Waals surface area contributed by atoms with Crippen LogP contribution in [0.3, 0.4) is 0 Å². The Morgan fingerprint density at radius 2 is 1.03 bits per heavy atom. The zero-order chi connectivity index (χ0) is 27.4. The number of carbonyl (C=O) groups is 1. The highest BCUT2D eigenvalue weighted by Crippen LogP contribution is 2.64. The number of nitrogens with zero attached hydrogens (tertiary/aromatic N) is 1. The van der Waals surface area contributed by atoms with Gasteiger partial charge in [-0.3, -0.25) is 4.79 Å². The molecule has 0 aliphatic rings. The number of halogens is 17. The van der Waals surface area contributed by atoms with Crippen molar-refractivity contribution < 1.29 is 79.4 Å². The minimum absolute atomic E-state index is 0.588. The number of hydrogen-bond donors (Lipinski definition) is 1. The molecule has 0 amide bonds. The third-order valence-electron chi connectivity index (χ3n) is 4.25. The van der Waals surface area contributed by atoms with Crippen LogP contribution in [0.2, 0.25) is 0 Å². The number of H-pyrrole nitrogens is 1. The van der Waals surface area contributed by atoms with E-state index in [1.165, 1.54) is 0 Å². The first-order valence-electron chi connectivity index (χ1n) is 7.97. The topological polar surface area (TPSA) is 45.8 Å². The van der Waals surface area contributed by atoms with Crippen molar-refractivity contribution in [3.8, 4) is 0 Å². The van der Waals surface area contributed by atoms with Crippen LogP contribution in [-0.2, 0) is 0 Å². The smallest absolute Gasteiger partial charge is 0.342 e. The fraction of sp³-hybridized carbons (Fsp3) is 0.714. The van der Waals surface area contributed by atoms with E-state index in [0.717, 1.165) is 6.33 Å². The van der Waals surface area contributed by atoms with Crippen molar-refractivity contribution in [2.24, 2.45) is 0 Å². The van der Waals surface area contributed by atoms with Crippen LogP contribution in [-0.4, -0.2) is 63.4 Å². The number of rotatable bonds is 10. The fourth-order valence-electron chi connectivity index (χ4n) is 2.17. The van der Waals surface area contributed by atoms with E-state index in [0.29, 0.717) is 6.20 Å². The molecule has 0 bridgehead atoms. The van der Waals surface area contributed by atoms with Crippen LogP contribution in [0.5, 0.6) is 0 Å². The average Bonchev–Trinajstić information content (AvgIpc) is 3.19. The molecule has 198 valence electrons. The van der Waals surface area contributed by atoms with E-state index in [2.05, 4.69) is 4.98 Å². The molecule has 0 saturated carbocycles. The van der Waals surface area contributed by atoms with E-state index in [1.807, 2.05) is 4.98 Å². The van der Waals surface area contributed by atoms with Gasteiger partial charge in [-0.25, -0.2) is 4.98 Å². The first kappa shape index (κ1) is 29.7. The van der Waals surface area contributed by atoms with Gasteiger partial charge in [-0.2, -0.15) is 74.6 Å². The van der Waals surface area contributed by atoms with E-state index < -0.39 is 72.0 Å². The molecule has 0 unspecified atom stereocenters. The molecule has 20 heteroatoms. The Hall–Kier alpha value is -2.31. The monoisotopic (exact) mass is 542 g/mol. The number of Topliss-reactive ketones (excluding diaryl/α,β-unsaturated/α-hetero) is 1. The molecule has 0 saturated heterocycles. The Balaban J connectivity index is 3.43. The Morgan fingerprint density at radius 3 is 1.38 bits per heavy atom. The van der Waals surface area contributed by atoms with E-state index >= 15 is 0 Å². The van der Waals surface area contributed by atoms with E-state index in [9.17, 15) is 79.4 Å². The molecule has 1 rings (SSSR count). The Labute approximate surface area is 175 Å². The summed E-state index contributed by atoms with van der Waals surface area (Å²) >= 11 is 0. The molecular formula is C14H7F17N2O. The van der Waals surface area contributed by atoms with Gasteiger partial charge in [-0.15, -0.1) is 0 Å². The molecule has 0 atom stereocenters. The molecule has 34 heavy (non-hydrogen) atoms. The van der Waals surface area contributed by atoms with Crippen molar-refractivity contribution in [2.45, 2.75) is 60.5 Å². The van der Waals surface area contributed by atoms with Crippen molar-refractivity contribution in [2.75, 3.05) is 0 Å². The second-order valence-corrected chi connectivity index (χ2v) is 6.54. The van der Waals surface area contributed by atoms with Crippen LogP contribution < -0.4 is 0 Å². The predicted molar refractivity (Wildman–Crippen MR) is 72.8 cm³/mol. The van der Waals surface area contributed by atoms with Crippen molar-refractivity contribution >= 4 is 5.78 Å². The van der Waals surface area contributed by atoms with Gasteiger partial charge in [-0.05, 0) is 0 Å². The Kier molecular flexibility index (Phi) is 7.11. The van der Waals surface area contributed by atoms with Gasteiger partial charge < -0.3 is 4.98 Å². The van der Waals surface area contributed by atoms with Crippen molar-refractivity contribution in [1.29, 1.82) is 0 Å². The summed E-state index contributed by atoms with van der Waals surface area (Å²) in [5.41, 5.74) is -0.711. The van der Waals surface area contributed by atoms with Gasteiger partial charge >= 0.3 is 47.6 Å². The molecule has 0 aromatic carbocycles. The van der Waals surface area contributed by atoms with Crippen LogP contribution >= 0.6 is 0 Å². The van der Waals surface area contributed by atoms with Gasteiger partial charge in [0, 0.05) is 12.8 Å². The number of alkyl halides is 17. The van der Waals surface area contributed by atoms with Crippen molar-refractivity contribution in [3.05, 3.63) is 18.2 Å². The maximum atomic E-state index is 13.6. The second-order valence-electron chi connectivity index (χ2n) is 6.54. The van der Waals surface area contributed by atoms with E-state index in [4.69, 9.17) is 0 Å². The van der Waals surface area contributed by atoms with Crippen LogP contribution in [0.25, 0.3) is 0 Å².